The number of rotatable bonds is 5. The lowest BCUT2D eigenvalue weighted by molar-refractivity contribution is -0.274. The van der Waals surface area contributed by atoms with Gasteiger partial charge in [-0.15, -0.1) is 13.2 Å². The monoisotopic (exact) mass is 536 g/mol. The quantitative estimate of drug-likeness (QED) is 0.301. The lowest BCUT2D eigenvalue weighted by atomic mass is 9.96. The van der Waals surface area contributed by atoms with Crippen LogP contribution in [0.25, 0.3) is 33.5 Å². The van der Waals surface area contributed by atoms with Crippen molar-refractivity contribution < 1.29 is 17.9 Å². The van der Waals surface area contributed by atoms with Gasteiger partial charge < -0.3 is 19.6 Å². The molecule has 39 heavy (non-hydrogen) atoms. The summed E-state index contributed by atoms with van der Waals surface area (Å²) in [5.74, 6) is 1.78. The first kappa shape index (κ1) is 25.0. The van der Waals surface area contributed by atoms with Crippen LogP contribution in [0.15, 0.2) is 42.9 Å². The molecule has 2 N–H and O–H groups in total. The van der Waals surface area contributed by atoms with E-state index in [2.05, 4.69) is 40.7 Å². The molecule has 9 nitrogen and oxygen atoms in total. The molecule has 1 fully saturated rings. The highest BCUT2D eigenvalue weighted by atomic mass is 19.4. The zero-order valence-electron chi connectivity index (χ0n) is 21.7. The Labute approximate surface area is 222 Å². The Morgan fingerprint density at radius 2 is 1.74 bits per heavy atom. The molecule has 6 rings (SSSR count). The predicted molar refractivity (Wildman–Crippen MR) is 140 cm³/mol. The Morgan fingerprint density at radius 3 is 2.41 bits per heavy atom. The summed E-state index contributed by atoms with van der Waals surface area (Å²) in [6.07, 6.45) is 0.632. The molecule has 1 aliphatic rings. The lowest BCUT2D eigenvalue weighted by Gasteiger charge is -2.32. The number of aromatic amines is 2. The maximum Gasteiger partial charge on any atom is 0.573 e. The molecule has 5 heterocycles. The van der Waals surface area contributed by atoms with Crippen LogP contribution in [-0.2, 0) is 7.05 Å². The number of anilines is 1. The number of imidazole rings is 1. The number of aryl methyl sites for hydroxylation is 3. The van der Waals surface area contributed by atoms with Crippen LogP contribution in [0.2, 0.25) is 0 Å². The standard InChI is InChI=1S/C27H27F3N8O/c1-15-21(13-37(3)36-15)22-12-20-25(34-22)31-14-32-26(20)38-10-8-18(9-11-38)24-33-16(2)23(35-24)17-4-6-19(7-5-17)39-27(28,29)30/h4-7,12-14,18H,8-11H2,1-3H3,(H,33,35)(H,31,32,34). The van der Waals surface area contributed by atoms with Gasteiger partial charge in [0.25, 0.3) is 0 Å². The average Bonchev–Trinajstić information content (AvgIpc) is 3.59. The van der Waals surface area contributed by atoms with Gasteiger partial charge in [0.15, 0.2) is 0 Å². The first-order chi connectivity index (χ1) is 18.6. The van der Waals surface area contributed by atoms with Crippen molar-refractivity contribution in [3.8, 4) is 28.3 Å². The summed E-state index contributed by atoms with van der Waals surface area (Å²) in [4.78, 5) is 22.9. The first-order valence-corrected chi connectivity index (χ1v) is 12.7. The maximum atomic E-state index is 12.5. The van der Waals surface area contributed by atoms with Crippen molar-refractivity contribution in [3.05, 3.63) is 60.1 Å². The average molecular weight is 537 g/mol. The van der Waals surface area contributed by atoms with Crippen LogP contribution in [0.3, 0.4) is 0 Å². The van der Waals surface area contributed by atoms with E-state index in [4.69, 9.17) is 4.98 Å². The normalized spacial score (nSPS) is 14.9. The van der Waals surface area contributed by atoms with E-state index in [1.54, 1.807) is 23.1 Å². The number of nitrogens with one attached hydrogen (secondary N) is 2. The molecule has 0 spiro atoms. The molecular formula is C27H27F3N8O. The van der Waals surface area contributed by atoms with Gasteiger partial charge >= 0.3 is 6.36 Å². The van der Waals surface area contributed by atoms with Crippen LogP contribution in [0.5, 0.6) is 5.75 Å². The highest BCUT2D eigenvalue weighted by Gasteiger charge is 2.31. The van der Waals surface area contributed by atoms with E-state index < -0.39 is 6.36 Å². The van der Waals surface area contributed by atoms with Gasteiger partial charge in [-0.2, -0.15) is 5.10 Å². The van der Waals surface area contributed by atoms with Crippen molar-refractivity contribution in [2.75, 3.05) is 18.0 Å². The fourth-order valence-electron chi connectivity index (χ4n) is 5.33. The number of benzene rings is 1. The minimum atomic E-state index is -4.72. The molecule has 0 saturated carbocycles. The molecule has 1 saturated heterocycles. The molecule has 0 amide bonds. The summed E-state index contributed by atoms with van der Waals surface area (Å²) in [6.45, 7) is 5.50. The molecule has 12 heteroatoms. The number of H-pyrrole nitrogens is 2. The Morgan fingerprint density at radius 1 is 1.00 bits per heavy atom. The molecule has 4 aromatic heterocycles. The molecule has 0 radical (unpaired) electrons. The van der Waals surface area contributed by atoms with E-state index >= 15 is 0 Å². The number of fused-ring (bicyclic) bond motifs is 1. The van der Waals surface area contributed by atoms with Crippen LogP contribution >= 0.6 is 0 Å². The van der Waals surface area contributed by atoms with Crippen LogP contribution in [0, 0.1) is 13.8 Å². The number of ether oxygens (including phenoxy) is 1. The third kappa shape index (κ3) is 4.93. The number of alkyl halides is 3. The molecule has 0 atom stereocenters. The van der Waals surface area contributed by atoms with Gasteiger partial charge in [0, 0.05) is 43.4 Å². The van der Waals surface area contributed by atoms with E-state index in [1.807, 2.05) is 27.1 Å². The second-order valence-corrected chi connectivity index (χ2v) is 9.86. The molecular weight excluding hydrogens is 509 g/mol. The first-order valence-electron chi connectivity index (χ1n) is 12.7. The van der Waals surface area contributed by atoms with Crippen molar-refractivity contribution >= 4 is 16.9 Å². The second kappa shape index (κ2) is 9.44. The number of nitrogens with zero attached hydrogens (tertiary/aromatic N) is 6. The summed E-state index contributed by atoms with van der Waals surface area (Å²) in [5.41, 5.74) is 6.09. The largest absolute Gasteiger partial charge is 0.573 e. The van der Waals surface area contributed by atoms with E-state index in [9.17, 15) is 13.2 Å². The number of hydrogen-bond acceptors (Lipinski definition) is 6. The highest BCUT2D eigenvalue weighted by Crippen LogP contribution is 2.35. The van der Waals surface area contributed by atoms with E-state index in [1.165, 1.54) is 12.1 Å². The zero-order valence-corrected chi connectivity index (χ0v) is 21.7. The highest BCUT2D eigenvalue weighted by molar-refractivity contribution is 5.92. The molecule has 0 bridgehead atoms. The second-order valence-electron chi connectivity index (χ2n) is 9.86. The Kier molecular flexibility index (Phi) is 6.04. The summed E-state index contributed by atoms with van der Waals surface area (Å²) < 4.78 is 43.2. The van der Waals surface area contributed by atoms with Crippen molar-refractivity contribution in [2.45, 2.75) is 39.0 Å². The van der Waals surface area contributed by atoms with Gasteiger partial charge in [-0.25, -0.2) is 15.0 Å². The third-order valence-corrected chi connectivity index (χ3v) is 7.17. The Hall–Kier alpha value is -4.35. The molecule has 0 aliphatic carbocycles. The minimum absolute atomic E-state index is 0.235. The summed E-state index contributed by atoms with van der Waals surface area (Å²) in [5, 5.41) is 5.42. The predicted octanol–water partition coefficient (Wildman–Crippen LogP) is 5.65. The van der Waals surface area contributed by atoms with Crippen LogP contribution < -0.4 is 9.64 Å². The van der Waals surface area contributed by atoms with Gasteiger partial charge in [0.05, 0.1) is 28.2 Å². The zero-order chi connectivity index (χ0) is 27.3. The summed E-state index contributed by atoms with van der Waals surface area (Å²) in [7, 11) is 1.90. The maximum absolute atomic E-state index is 12.5. The number of halogens is 3. The SMILES string of the molecule is Cc1nn(C)cc1-c1cc2c(N3CCC(c4nc(C)c(-c5ccc(OC(F)(F)F)cc5)[nH]4)CC3)ncnc2[nH]1. The third-order valence-electron chi connectivity index (χ3n) is 7.17. The Balaban J connectivity index is 1.17. The smallest absolute Gasteiger partial charge is 0.406 e. The van der Waals surface area contributed by atoms with E-state index in [-0.39, 0.29) is 11.7 Å². The number of hydrogen-bond donors (Lipinski definition) is 2. The Bertz CT molecular complexity index is 1630. The van der Waals surface area contributed by atoms with Gasteiger partial charge in [-0.05, 0) is 57.0 Å². The summed E-state index contributed by atoms with van der Waals surface area (Å²) >= 11 is 0. The summed E-state index contributed by atoms with van der Waals surface area (Å²) in [6, 6.07) is 7.92. The fourth-order valence-corrected chi connectivity index (χ4v) is 5.33. The van der Waals surface area contributed by atoms with Gasteiger partial charge in [0.1, 0.15) is 29.4 Å². The van der Waals surface area contributed by atoms with Crippen LogP contribution in [-0.4, -0.2) is 54.2 Å². The molecule has 5 aromatic rings. The topological polar surface area (TPSA) is 101 Å². The number of piperidine rings is 1. The fraction of sp³-hybridized carbons (Fsp3) is 0.333. The van der Waals surface area contributed by atoms with Crippen LogP contribution in [0.1, 0.15) is 36.0 Å². The molecule has 0 unspecified atom stereocenters. The molecule has 202 valence electrons. The van der Waals surface area contributed by atoms with E-state index in [0.717, 1.165) is 82.5 Å². The van der Waals surface area contributed by atoms with Crippen molar-refractivity contribution in [2.24, 2.45) is 7.05 Å². The van der Waals surface area contributed by atoms with Gasteiger partial charge in [-0.1, -0.05) is 0 Å². The van der Waals surface area contributed by atoms with Crippen molar-refractivity contribution in [1.82, 2.24) is 34.7 Å². The number of aromatic nitrogens is 7. The van der Waals surface area contributed by atoms with Crippen molar-refractivity contribution in [1.29, 1.82) is 0 Å². The molecule has 1 aromatic carbocycles. The van der Waals surface area contributed by atoms with Gasteiger partial charge in [-0.3, -0.25) is 4.68 Å². The van der Waals surface area contributed by atoms with Gasteiger partial charge in [0.2, 0.25) is 0 Å². The molecule has 1 aliphatic heterocycles. The lowest BCUT2D eigenvalue weighted by Crippen LogP contribution is -2.33. The van der Waals surface area contributed by atoms with Crippen LogP contribution in [0.4, 0.5) is 19.0 Å². The van der Waals surface area contributed by atoms with E-state index in [0.29, 0.717) is 0 Å². The van der Waals surface area contributed by atoms with Crippen molar-refractivity contribution in [3.63, 3.8) is 0 Å². The minimum Gasteiger partial charge on any atom is -0.406 e.